The molecule has 0 radical (unpaired) electrons. The minimum atomic E-state index is -0.996. The highest BCUT2D eigenvalue weighted by atomic mass is 32.1. The smallest absolute Gasteiger partial charge is 0.345 e. The Labute approximate surface area is 97.0 Å². The number of hydrogen-bond donors (Lipinski definition) is 2. The molecule has 0 aliphatic heterocycles. The van der Waals surface area contributed by atoms with E-state index in [4.69, 9.17) is 9.84 Å². The molecule has 0 saturated carbocycles. The van der Waals surface area contributed by atoms with Crippen molar-refractivity contribution in [3.05, 3.63) is 17.0 Å². The third kappa shape index (κ3) is 4.00. The first-order valence-corrected chi connectivity index (χ1v) is 5.55. The van der Waals surface area contributed by atoms with Gasteiger partial charge in [-0.05, 0) is 26.0 Å². The molecule has 1 aromatic rings. The monoisotopic (exact) mass is 243 g/mol. The molecule has 6 heteroatoms. The number of amides is 1. The van der Waals surface area contributed by atoms with E-state index in [0.29, 0.717) is 5.00 Å². The van der Waals surface area contributed by atoms with Gasteiger partial charge in [-0.25, -0.2) is 4.79 Å². The SMILES string of the molecule is CC(C)OCC(=O)Nc1ccc(C(=O)O)s1. The average Bonchev–Trinajstić information content (AvgIpc) is 2.63. The number of hydrogen-bond acceptors (Lipinski definition) is 4. The second-order valence-corrected chi connectivity index (χ2v) is 4.46. The lowest BCUT2D eigenvalue weighted by Crippen LogP contribution is -2.20. The molecular formula is C10H13NO4S. The Balaban J connectivity index is 2.46. The molecule has 0 aliphatic rings. The van der Waals surface area contributed by atoms with Crippen LogP contribution in [-0.4, -0.2) is 29.7 Å². The third-order valence-electron chi connectivity index (χ3n) is 1.63. The fraction of sp³-hybridized carbons (Fsp3) is 0.400. The first-order valence-electron chi connectivity index (χ1n) is 4.73. The maximum atomic E-state index is 11.3. The Morgan fingerprint density at radius 1 is 1.50 bits per heavy atom. The van der Waals surface area contributed by atoms with E-state index < -0.39 is 5.97 Å². The summed E-state index contributed by atoms with van der Waals surface area (Å²) in [6.07, 6.45) is -0.0105. The highest BCUT2D eigenvalue weighted by Crippen LogP contribution is 2.21. The second kappa shape index (κ2) is 5.62. The summed E-state index contributed by atoms with van der Waals surface area (Å²) in [7, 11) is 0. The van der Waals surface area contributed by atoms with Gasteiger partial charge in [0.05, 0.1) is 11.1 Å². The van der Waals surface area contributed by atoms with Gasteiger partial charge in [0.2, 0.25) is 0 Å². The molecule has 2 N–H and O–H groups in total. The fourth-order valence-corrected chi connectivity index (χ4v) is 1.70. The summed E-state index contributed by atoms with van der Waals surface area (Å²) in [6.45, 7) is 3.64. The lowest BCUT2D eigenvalue weighted by Gasteiger charge is -2.06. The molecule has 5 nitrogen and oxygen atoms in total. The first kappa shape index (κ1) is 12.7. The van der Waals surface area contributed by atoms with Gasteiger partial charge < -0.3 is 15.2 Å². The fourth-order valence-electron chi connectivity index (χ4n) is 0.936. The number of nitrogens with one attached hydrogen (secondary N) is 1. The van der Waals surface area contributed by atoms with E-state index in [1.165, 1.54) is 6.07 Å². The molecule has 0 bridgehead atoms. The molecule has 1 rings (SSSR count). The van der Waals surface area contributed by atoms with Crippen LogP contribution < -0.4 is 5.32 Å². The van der Waals surface area contributed by atoms with Crippen LogP contribution in [0.5, 0.6) is 0 Å². The van der Waals surface area contributed by atoms with Gasteiger partial charge in [-0.1, -0.05) is 0 Å². The molecule has 0 atom stereocenters. The van der Waals surface area contributed by atoms with Crippen molar-refractivity contribution in [2.24, 2.45) is 0 Å². The highest BCUT2D eigenvalue weighted by Gasteiger charge is 2.09. The number of aromatic carboxylic acids is 1. The van der Waals surface area contributed by atoms with Gasteiger partial charge in [-0.3, -0.25) is 4.79 Å². The molecule has 88 valence electrons. The Hall–Kier alpha value is -1.40. The van der Waals surface area contributed by atoms with Crippen molar-refractivity contribution < 1.29 is 19.4 Å². The Kier molecular flexibility index (Phi) is 4.45. The van der Waals surface area contributed by atoms with E-state index in [-0.39, 0.29) is 23.5 Å². The zero-order valence-electron chi connectivity index (χ0n) is 9.02. The van der Waals surface area contributed by atoms with Crippen LogP contribution in [0.3, 0.4) is 0 Å². The van der Waals surface area contributed by atoms with Gasteiger partial charge in [0.25, 0.3) is 5.91 Å². The van der Waals surface area contributed by atoms with Crippen molar-refractivity contribution in [2.45, 2.75) is 20.0 Å². The van der Waals surface area contributed by atoms with Crippen molar-refractivity contribution in [1.29, 1.82) is 0 Å². The van der Waals surface area contributed by atoms with Gasteiger partial charge in [0.15, 0.2) is 0 Å². The predicted molar refractivity (Wildman–Crippen MR) is 61.0 cm³/mol. The number of carbonyl (C=O) groups excluding carboxylic acids is 1. The van der Waals surface area contributed by atoms with E-state index >= 15 is 0 Å². The summed E-state index contributed by atoms with van der Waals surface area (Å²) in [5.41, 5.74) is 0. The summed E-state index contributed by atoms with van der Waals surface area (Å²) >= 11 is 1.02. The van der Waals surface area contributed by atoms with Crippen molar-refractivity contribution in [1.82, 2.24) is 0 Å². The summed E-state index contributed by atoms with van der Waals surface area (Å²) in [6, 6.07) is 3.01. The Morgan fingerprint density at radius 2 is 2.19 bits per heavy atom. The van der Waals surface area contributed by atoms with Crippen molar-refractivity contribution in [3.8, 4) is 0 Å². The zero-order chi connectivity index (χ0) is 12.1. The van der Waals surface area contributed by atoms with Gasteiger partial charge in [-0.15, -0.1) is 11.3 Å². The second-order valence-electron chi connectivity index (χ2n) is 3.38. The lowest BCUT2D eigenvalue weighted by molar-refractivity contribution is -0.121. The van der Waals surface area contributed by atoms with Crippen LogP contribution >= 0.6 is 11.3 Å². The predicted octanol–water partition coefficient (Wildman–Crippen LogP) is 1.81. The molecule has 0 unspecified atom stereocenters. The number of thiophene rings is 1. The average molecular weight is 243 g/mol. The molecule has 1 aromatic heterocycles. The first-order chi connectivity index (χ1) is 7.49. The number of anilines is 1. The largest absolute Gasteiger partial charge is 0.477 e. The van der Waals surface area contributed by atoms with Crippen LogP contribution in [0.2, 0.25) is 0 Å². The van der Waals surface area contributed by atoms with Crippen molar-refractivity contribution >= 4 is 28.2 Å². The normalized spacial score (nSPS) is 10.4. The van der Waals surface area contributed by atoms with E-state index in [0.717, 1.165) is 11.3 Å². The van der Waals surface area contributed by atoms with Crippen molar-refractivity contribution in [3.63, 3.8) is 0 Å². The maximum absolute atomic E-state index is 11.3. The van der Waals surface area contributed by atoms with E-state index in [1.54, 1.807) is 6.07 Å². The summed E-state index contributed by atoms with van der Waals surface area (Å²) < 4.78 is 5.11. The quantitative estimate of drug-likeness (QED) is 0.827. The van der Waals surface area contributed by atoms with Gasteiger partial charge in [-0.2, -0.15) is 0 Å². The van der Waals surface area contributed by atoms with E-state index in [1.807, 2.05) is 13.8 Å². The number of carboxylic acids is 1. The molecule has 0 fully saturated rings. The Morgan fingerprint density at radius 3 is 2.69 bits per heavy atom. The number of rotatable bonds is 5. The number of carboxylic acid groups (broad SMARTS) is 1. The van der Waals surface area contributed by atoms with Crippen LogP contribution in [0, 0.1) is 0 Å². The highest BCUT2D eigenvalue weighted by molar-refractivity contribution is 7.18. The molecule has 0 spiro atoms. The van der Waals surface area contributed by atoms with E-state index in [9.17, 15) is 9.59 Å². The van der Waals surface area contributed by atoms with Crippen LogP contribution in [0.4, 0.5) is 5.00 Å². The Bertz CT molecular complexity index is 386. The van der Waals surface area contributed by atoms with Gasteiger partial charge in [0, 0.05) is 0 Å². The molecule has 1 amide bonds. The molecule has 0 aliphatic carbocycles. The van der Waals surface area contributed by atoms with Crippen LogP contribution in [-0.2, 0) is 9.53 Å². The molecule has 16 heavy (non-hydrogen) atoms. The molecule has 0 aromatic carbocycles. The minimum Gasteiger partial charge on any atom is -0.477 e. The number of ether oxygens (including phenoxy) is 1. The van der Waals surface area contributed by atoms with Crippen LogP contribution in [0.1, 0.15) is 23.5 Å². The zero-order valence-corrected chi connectivity index (χ0v) is 9.84. The maximum Gasteiger partial charge on any atom is 0.345 e. The number of carbonyl (C=O) groups is 2. The van der Waals surface area contributed by atoms with Crippen LogP contribution in [0.15, 0.2) is 12.1 Å². The standard InChI is InChI=1S/C10H13NO4S/c1-6(2)15-5-8(12)11-9-4-3-7(16-9)10(13)14/h3-4,6H,5H2,1-2H3,(H,11,12)(H,13,14). The summed E-state index contributed by atoms with van der Waals surface area (Å²) in [5.74, 6) is -1.28. The lowest BCUT2D eigenvalue weighted by atomic mass is 10.4. The summed E-state index contributed by atoms with van der Waals surface area (Å²) in [4.78, 5) is 22.1. The molecular weight excluding hydrogens is 230 g/mol. The molecule has 1 heterocycles. The molecule has 0 saturated heterocycles. The topological polar surface area (TPSA) is 75.6 Å². The van der Waals surface area contributed by atoms with Crippen LogP contribution in [0.25, 0.3) is 0 Å². The minimum absolute atomic E-state index is 0.0105. The van der Waals surface area contributed by atoms with Crippen molar-refractivity contribution in [2.75, 3.05) is 11.9 Å². The third-order valence-corrected chi connectivity index (χ3v) is 2.62. The van der Waals surface area contributed by atoms with Gasteiger partial charge in [0.1, 0.15) is 11.5 Å². The van der Waals surface area contributed by atoms with E-state index in [2.05, 4.69) is 5.32 Å². The van der Waals surface area contributed by atoms with Gasteiger partial charge >= 0.3 is 5.97 Å². The summed E-state index contributed by atoms with van der Waals surface area (Å²) in [5, 5.41) is 11.8.